The van der Waals surface area contributed by atoms with Crippen LogP contribution < -0.4 is 5.43 Å². The second-order valence-electron chi connectivity index (χ2n) is 5.89. The molecule has 0 amide bonds. The van der Waals surface area contributed by atoms with Gasteiger partial charge in [-0.15, -0.1) is 0 Å². The summed E-state index contributed by atoms with van der Waals surface area (Å²) in [5.41, 5.74) is 6.22. The van der Waals surface area contributed by atoms with E-state index < -0.39 is 0 Å². The normalized spacial score (nSPS) is 14.2. The van der Waals surface area contributed by atoms with Crippen molar-refractivity contribution >= 4 is 51.7 Å². The number of rotatable bonds is 6. The zero-order chi connectivity index (χ0) is 18.9. The van der Waals surface area contributed by atoms with Crippen molar-refractivity contribution in [3.05, 3.63) is 101 Å². The van der Waals surface area contributed by atoms with E-state index in [4.69, 9.17) is 23.8 Å². The summed E-state index contributed by atoms with van der Waals surface area (Å²) in [5, 5.41) is 5.27. The van der Waals surface area contributed by atoms with Crippen molar-refractivity contribution < 1.29 is 0 Å². The lowest BCUT2D eigenvalue weighted by Gasteiger charge is -2.08. The van der Waals surface area contributed by atoms with Crippen molar-refractivity contribution in [2.24, 2.45) is 11.0 Å². The van der Waals surface area contributed by atoms with Crippen LogP contribution in [0.25, 0.3) is 6.08 Å². The molecule has 1 aliphatic rings. The third-order valence-electron chi connectivity index (χ3n) is 3.90. The summed E-state index contributed by atoms with van der Waals surface area (Å²) in [6.45, 7) is 0. The van der Waals surface area contributed by atoms with Crippen molar-refractivity contribution in [2.75, 3.05) is 0 Å². The Labute approximate surface area is 174 Å². The first-order valence-electron chi connectivity index (χ1n) is 8.53. The summed E-state index contributed by atoms with van der Waals surface area (Å²) < 4.78 is 0.655. The van der Waals surface area contributed by atoms with Gasteiger partial charge in [0.15, 0.2) is 4.32 Å². The number of thiocarbonyl (C=S) groups is 1. The molecule has 0 saturated heterocycles. The molecule has 2 aromatic carbocycles. The van der Waals surface area contributed by atoms with Crippen LogP contribution in [0.3, 0.4) is 0 Å². The number of allylic oxidation sites excluding steroid dienone is 5. The molecule has 0 spiro atoms. The summed E-state index contributed by atoms with van der Waals surface area (Å²) in [4.78, 5) is 0. The Hall–Kier alpha value is -2.14. The van der Waals surface area contributed by atoms with Crippen LogP contribution in [-0.2, 0) is 5.75 Å². The van der Waals surface area contributed by atoms with E-state index in [9.17, 15) is 0 Å². The Kier molecular flexibility index (Phi) is 7.45. The highest BCUT2D eigenvalue weighted by Crippen LogP contribution is 2.16. The SMILES string of the molecule is S=C(N/N=C(\C=C\c1ccc(Cl)cc1)C1C=CC=C1)SCc1ccccc1. The van der Waals surface area contributed by atoms with Crippen LogP contribution in [0.2, 0.25) is 5.02 Å². The van der Waals surface area contributed by atoms with E-state index in [2.05, 4.69) is 34.8 Å². The lowest BCUT2D eigenvalue weighted by Crippen LogP contribution is -2.17. The van der Waals surface area contributed by atoms with E-state index in [1.165, 1.54) is 5.56 Å². The number of halogens is 1. The molecule has 2 aromatic rings. The maximum atomic E-state index is 5.94. The molecular weight excluding hydrogens is 392 g/mol. The predicted molar refractivity (Wildman–Crippen MR) is 123 cm³/mol. The van der Waals surface area contributed by atoms with Gasteiger partial charge in [-0.3, -0.25) is 5.43 Å². The van der Waals surface area contributed by atoms with E-state index in [1.807, 2.05) is 66.8 Å². The van der Waals surface area contributed by atoms with Gasteiger partial charge in [-0.25, -0.2) is 0 Å². The number of nitrogens with zero attached hydrogens (tertiary/aromatic N) is 1. The largest absolute Gasteiger partial charge is 0.262 e. The van der Waals surface area contributed by atoms with Gasteiger partial charge >= 0.3 is 0 Å². The number of benzene rings is 2. The number of thioether (sulfide) groups is 1. The molecule has 0 heterocycles. The molecule has 0 aromatic heterocycles. The van der Waals surface area contributed by atoms with Gasteiger partial charge < -0.3 is 0 Å². The lowest BCUT2D eigenvalue weighted by molar-refractivity contribution is 1.02. The summed E-state index contributed by atoms with van der Waals surface area (Å²) in [5.74, 6) is 0.962. The van der Waals surface area contributed by atoms with Crippen molar-refractivity contribution in [3.8, 4) is 0 Å². The fraction of sp³-hybridized carbons (Fsp3) is 0.0909. The summed E-state index contributed by atoms with van der Waals surface area (Å²) >= 11 is 12.9. The van der Waals surface area contributed by atoms with Gasteiger partial charge in [0.05, 0.1) is 5.71 Å². The fourth-order valence-corrected chi connectivity index (χ4v) is 3.42. The molecule has 0 fully saturated rings. The van der Waals surface area contributed by atoms with Gasteiger partial charge in [0, 0.05) is 16.7 Å². The first kappa shape index (κ1) is 19.6. The quantitative estimate of drug-likeness (QED) is 0.345. The van der Waals surface area contributed by atoms with E-state index in [1.54, 1.807) is 11.8 Å². The highest BCUT2D eigenvalue weighted by atomic mass is 35.5. The van der Waals surface area contributed by atoms with E-state index in [0.717, 1.165) is 22.1 Å². The van der Waals surface area contributed by atoms with Crippen LogP contribution in [0, 0.1) is 5.92 Å². The Morgan fingerprint density at radius 1 is 1.07 bits per heavy atom. The number of hydrazone groups is 1. The van der Waals surface area contributed by atoms with Crippen LogP contribution in [-0.4, -0.2) is 10.0 Å². The standard InChI is InChI=1S/C22H19ClN2S2/c23-20-13-10-17(11-14-20)12-15-21(19-8-4-5-9-19)24-25-22(26)27-16-18-6-2-1-3-7-18/h1-15,19H,16H2,(H,25,26)/b15-12+,24-21+. The fourth-order valence-electron chi connectivity index (χ4n) is 2.47. The second kappa shape index (κ2) is 10.3. The average Bonchev–Trinajstić information content (AvgIpc) is 3.23. The molecule has 0 bridgehead atoms. The molecule has 1 N–H and O–H groups in total. The maximum absolute atomic E-state index is 5.94. The first-order chi connectivity index (χ1) is 13.2. The molecular formula is C22H19ClN2S2. The number of hydrogen-bond acceptors (Lipinski definition) is 3. The zero-order valence-corrected chi connectivity index (χ0v) is 17.0. The Balaban J connectivity index is 1.63. The highest BCUT2D eigenvalue weighted by molar-refractivity contribution is 8.22. The molecule has 5 heteroatoms. The molecule has 136 valence electrons. The average molecular weight is 411 g/mol. The molecule has 2 nitrogen and oxygen atoms in total. The predicted octanol–water partition coefficient (Wildman–Crippen LogP) is 6.26. The topological polar surface area (TPSA) is 24.4 Å². The van der Waals surface area contributed by atoms with Crippen LogP contribution in [0.5, 0.6) is 0 Å². The van der Waals surface area contributed by atoms with Gasteiger partial charge in [0.2, 0.25) is 0 Å². The van der Waals surface area contributed by atoms with Crippen molar-refractivity contribution in [1.82, 2.24) is 5.43 Å². The zero-order valence-electron chi connectivity index (χ0n) is 14.6. The smallest absolute Gasteiger partial charge is 0.154 e. The molecule has 0 radical (unpaired) electrons. The second-order valence-corrected chi connectivity index (χ2v) is 7.98. The minimum atomic E-state index is 0.142. The van der Waals surface area contributed by atoms with Crippen LogP contribution in [0.4, 0.5) is 0 Å². The summed E-state index contributed by atoms with van der Waals surface area (Å²) in [7, 11) is 0. The molecule has 0 unspecified atom stereocenters. The van der Waals surface area contributed by atoms with E-state index in [0.29, 0.717) is 4.32 Å². The lowest BCUT2D eigenvalue weighted by atomic mass is 10.0. The minimum Gasteiger partial charge on any atom is -0.262 e. The molecule has 1 aliphatic carbocycles. The van der Waals surface area contributed by atoms with Crippen LogP contribution >= 0.6 is 35.6 Å². The summed E-state index contributed by atoms with van der Waals surface area (Å²) in [6, 6.07) is 18.0. The van der Waals surface area contributed by atoms with E-state index in [-0.39, 0.29) is 5.92 Å². The van der Waals surface area contributed by atoms with Crippen molar-refractivity contribution in [3.63, 3.8) is 0 Å². The Bertz CT molecular complexity index is 872. The monoisotopic (exact) mass is 410 g/mol. The molecule has 0 saturated carbocycles. The maximum Gasteiger partial charge on any atom is 0.154 e. The van der Waals surface area contributed by atoms with Gasteiger partial charge in [0.1, 0.15) is 0 Å². The van der Waals surface area contributed by atoms with Crippen molar-refractivity contribution in [2.45, 2.75) is 5.75 Å². The molecule has 3 rings (SSSR count). The van der Waals surface area contributed by atoms with Gasteiger partial charge in [-0.1, -0.05) is 108 Å². The first-order valence-corrected chi connectivity index (χ1v) is 10.3. The third-order valence-corrected chi connectivity index (χ3v) is 5.42. The number of hydrogen-bond donors (Lipinski definition) is 1. The van der Waals surface area contributed by atoms with Crippen LogP contribution in [0.15, 0.2) is 90.1 Å². The Morgan fingerprint density at radius 3 is 2.48 bits per heavy atom. The van der Waals surface area contributed by atoms with E-state index >= 15 is 0 Å². The molecule has 27 heavy (non-hydrogen) atoms. The minimum absolute atomic E-state index is 0.142. The van der Waals surface area contributed by atoms with Crippen LogP contribution in [0.1, 0.15) is 11.1 Å². The number of nitrogens with one attached hydrogen (secondary N) is 1. The van der Waals surface area contributed by atoms with Gasteiger partial charge in [-0.05, 0) is 29.3 Å². The molecule has 0 atom stereocenters. The summed E-state index contributed by atoms with van der Waals surface area (Å²) in [6.07, 6.45) is 12.3. The molecule has 0 aliphatic heterocycles. The van der Waals surface area contributed by atoms with Gasteiger partial charge in [0.25, 0.3) is 0 Å². The highest BCUT2D eigenvalue weighted by Gasteiger charge is 2.10. The van der Waals surface area contributed by atoms with Gasteiger partial charge in [-0.2, -0.15) is 5.10 Å². The Morgan fingerprint density at radius 2 is 1.78 bits per heavy atom. The third kappa shape index (κ3) is 6.51. The van der Waals surface area contributed by atoms with Crippen molar-refractivity contribution in [1.29, 1.82) is 0 Å².